The number of hydrogen-bond donors (Lipinski definition) is 2. The lowest BCUT2D eigenvalue weighted by molar-refractivity contribution is 0.0997. The molecule has 4 rings (SSSR count). The highest BCUT2D eigenvalue weighted by molar-refractivity contribution is 6.32. The summed E-state index contributed by atoms with van der Waals surface area (Å²) in [4.78, 5) is 20.6. The lowest BCUT2D eigenvalue weighted by Gasteiger charge is -2.15. The Labute approximate surface area is 217 Å². The van der Waals surface area contributed by atoms with Crippen molar-refractivity contribution in [1.82, 2.24) is 15.3 Å². The molecule has 2 heterocycles. The van der Waals surface area contributed by atoms with Crippen LogP contribution >= 0.6 is 11.6 Å². The van der Waals surface area contributed by atoms with E-state index in [2.05, 4.69) is 15.3 Å². The molecule has 1 amide bonds. The smallest absolute Gasteiger partial charge is 0.254 e. The predicted molar refractivity (Wildman–Crippen MR) is 138 cm³/mol. The van der Waals surface area contributed by atoms with E-state index in [1.54, 1.807) is 18.2 Å². The minimum Gasteiger partial charge on any atom is -0.496 e. The second kappa shape index (κ2) is 11.3. The number of pyridine rings is 2. The average Bonchev–Trinajstić information content (AvgIpc) is 2.89. The van der Waals surface area contributed by atoms with Crippen molar-refractivity contribution in [2.24, 2.45) is 5.73 Å². The highest BCUT2D eigenvalue weighted by Gasteiger charge is 2.21. The van der Waals surface area contributed by atoms with Crippen LogP contribution in [0.5, 0.6) is 28.7 Å². The number of nitrogens with one attached hydrogen (secondary N) is 1. The average molecular weight is 527 g/mol. The quantitative estimate of drug-likeness (QED) is 0.288. The summed E-state index contributed by atoms with van der Waals surface area (Å²) in [6.07, 6.45) is 2.95. The van der Waals surface area contributed by atoms with Crippen molar-refractivity contribution in [3.8, 4) is 40.0 Å². The van der Waals surface area contributed by atoms with Crippen molar-refractivity contribution in [2.45, 2.75) is 0 Å². The van der Waals surface area contributed by atoms with Gasteiger partial charge in [0.15, 0.2) is 23.1 Å². The molecule has 192 valence electrons. The molecule has 0 radical (unpaired) electrons. The first-order chi connectivity index (χ1) is 17.9. The number of nitrogens with two attached hydrogens (primary N) is 1. The third-order valence-electron chi connectivity index (χ3n) is 5.46. The van der Waals surface area contributed by atoms with Crippen LogP contribution in [0.15, 0.2) is 48.8 Å². The number of methoxy groups -OCH3 is 2. The molecule has 2 aromatic heterocycles. The van der Waals surface area contributed by atoms with Crippen molar-refractivity contribution in [3.63, 3.8) is 0 Å². The maximum Gasteiger partial charge on any atom is 0.254 e. The van der Waals surface area contributed by atoms with Gasteiger partial charge in [0.05, 0.1) is 30.5 Å². The van der Waals surface area contributed by atoms with E-state index >= 15 is 4.39 Å². The van der Waals surface area contributed by atoms with Gasteiger partial charge >= 0.3 is 0 Å². The molecule has 0 aliphatic carbocycles. The van der Waals surface area contributed by atoms with Crippen molar-refractivity contribution in [3.05, 3.63) is 65.2 Å². The molecule has 0 fully saturated rings. The van der Waals surface area contributed by atoms with Crippen molar-refractivity contribution in [1.29, 1.82) is 0 Å². The van der Waals surface area contributed by atoms with E-state index in [1.165, 1.54) is 38.7 Å². The number of ether oxygens (including phenoxy) is 4. The predicted octanol–water partition coefficient (Wildman–Crippen LogP) is 4.60. The summed E-state index contributed by atoms with van der Waals surface area (Å²) >= 11 is 6.44. The van der Waals surface area contributed by atoms with Crippen LogP contribution in [-0.2, 0) is 0 Å². The van der Waals surface area contributed by atoms with Crippen LogP contribution in [0, 0.1) is 5.82 Å². The fourth-order valence-corrected chi connectivity index (χ4v) is 3.97. The van der Waals surface area contributed by atoms with Gasteiger partial charge in [-0.05, 0) is 37.4 Å². The molecule has 0 unspecified atom stereocenters. The van der Waals surface area contributed by atoms with Gasteiger partial charge in [0, 0.05) is 36.0 Å². The van der Waals surface area contributed by atoms with Crippen LogP contribution in [-0.4, -0.2) is 50.3 Å². The summed E-state index contributed by atoms with van der Waals surface area (Å²) < 4.78 is 37.7. The minimum atomic E-state index is -0.775. The fourth-order valence-electron chi connectivity index (χ4n) is 3.73. The summed E-state index contributed by atoms with van der Waals surface area (Å²) in [5, 5.41) is 3.52. The number of carbonyl (C=O) groups is 1. The first-order valence-corrected chi connectivity index (χ1v) is 11.5. The number of fused-ring (bicyclic) bond motifs is 1. The largest absolute Gasteiger partial charge is 0.496 e. The van der Waals surface area contributed by atoms with Crippen LogP contribution in [0.1, 0.15) is 10.4 Å². The molecule has 9 nitrogen and oxygen atoms in total. The standard InChI is InChI=1S/C26H24ClFN4O5/c1-30-8-9-36-22-13-18-15(12-21(22)35-3)19(4-6-31-18)37-25-16(27)10-14(11-17(25)28)24-23(26(29)33)20(34-2)5-7-32-24/h4-7,10-13,30H,8-9H2,1-3H3,(H2,29,33). The third-order valence-corrected chi connectivity index (χ3v) is 5.74. The Hall–Kier alpha value is -4.15. The molecule has 3 N–H and O–H groups in total. The van der Waals surface area contributed by atoms with Gasteiger partial charge in [0.25, 0.3) is 5.91 Å². The number of amides is 1. The number of likely N-dealkylation sites (N-methyl/N-ethyl adjacent to an activating group) is 1. The Morgan fingerprint density at radius 1 is 1.03 bits per heavy atom. The van der Waals surface area contributed by atoms with Gasteiger partial charge in [-0.15, -0.1) is 0 Å². The van der Waals surface area contributed by atoms with Crippen molar-refractivity contribution >= 4 is 28.4 Å². The molecule has 0 saturated heterocycles. The highest BCUT2D eigenvalue weighted by Crippen LogP contribution is 2.41. The summed E-state index contributed by atoms with van der Waals surface area (Å²) in [6, 6.07) is 9.09. The minimum absolute atomic E-state index is 0.00842. The zero-order valence-corrected chi connectivity index (χ0v) is 21.1. The number of hydrogen-bond acceptors (Lipinski definition) is 8. The summed E-state index contributed by atoms with van der Waals surface area (Å²) in [6.45, 7) is 1.08. The Morgan fingerprint density at radius 2 is 1.76 bits per heavy atom. The maximum atomic E-state index is 15.3. The lowest BCUT2D eigenvalue weighted by Crippen LogP contribution is -2.16. The number of carbonyl (C=O) groups excluding carboxylic acids is 1. The number of benzene rings is 2. The first-order valence-electron chi connectivity index (χ1n) is 11.1. The Kier molecular flexibility index (Phi) is 7.90. The monoisotopic (exact) mass is 526 g/mol. The van der Waals surface area contributed by atoms with E-state index in [0.717, 1.165) is 6.07 Å². The Bertz CT molecular complexity index is 1440. The van der Waals surface area contributed by atoms with Crippen molar-refractivity contribution in [2.75, 3.05) is 34.4 Å². The number of rotatable bonds is 10. The summed E-state index contributed by atoms with van der Waals surface area (Å²) in [7, 11) is 4.74. The molecule has 0 aliphatic rings. The summed E-state index contributed by atoms with van der Waals surface area (Å²) in [5.74, 6) is -0.271. The number of halogens is 2. The van der Waals surface area contributed by atoms with E-state index in [1.807, 2.05) is 7.05 Å². The van der Waals surface area contributed by atoms with Crippen molar-refractivity contribution < 1.29 is 28.1 Å². The van der Waals surface area contributed by atoms with Crippen LogP contribution in [0.4, 0.5) is 4.39 Å². The third kappa shape index (κ3) is 5.35. The van der Waals surface area contributed by atoms with Gasteiger partial charge in [-0.25, -0.2) is 4.39 Å². The van der Waals surface area contributed by atoms with Crippen LogP contribution in [0.3, 0.4) is 0 Å². The molecule has 37 heavy (non-hydrogen) atoms. The Balaban J connectivity index is 1.73. The molecule has 4 aromatic rings. The van der Waals surface area contributed by atoms with Crippen LogP contribution in [0.25, 0.3) is 22.2 Å². The molecule has 0 bridgehead atoms. The topological polar surface area (TPSA) is 118 Å². The lowest BCUT2D eigenvalue weighted by atomic mass is 10.0. The van der Waals surface area contributed by atoms with E-state index < -0.39 is 11.7 Å². The van der Waals surface area contributed by atoms with Crippen LogP contribution < -0.4 is 30.0 Å². The molecule has 2 aromatic carbocycles. The number of aromatic nitrogens is 2. The van der Waals surface area contributed by atoms with Gasteiger partial charge in [-0.2, -0.15) is 0 Å². The zero-order chi connectivity index (χ0) is 26.5. The molecule has 0 spiro atoms. The van der Waals surface area contributed by atoms with Crippen LogP contribution in [0.2, 0.25) is 5.02 Å². The van der Waals surface area contributed by atoms with Gasteiger partial charge in [-0.3, -0.25) is 14.8 Å². The SMILES string of the molecule is CNCCOc1cc2nccc(Oc3c(F)cc(-c4nccc(OC)c4C(N)=O)cc3Cl)c2cc1OC. The van der Waals surface area contributed by atoms with Gasteiger partial charge in [0.2, 0.25) is 0 Å². The molecule has 11 heteroatoms. The fraction of sp³-hybridized carbons (Fsp3) is 0.192. The molecular formula is C26H24ClFN4O5. The van der Waals surface area contributed by atoms with E-state index in [9.17, 15) is 4.79 Å². The second-order valence-electron chi connectivity index (χ2n) is 7.75. The highest BCUT2D eigenvalue weighted by atomic mass is 35.5. The normalized spacial score (nSPS) is 10.8. The van der Waals surface area contributed by atoms with E-state index in [4.69, 9.17) is 36.3 Å². The van der Waals surface area contributed by atoms with Gasteiger partial charge in [0.1, 0.15) is 23.7 Å². The number of primary amides is 1. The van der Waals surface area contributed by atoms with Gasteiger partial charge < -0.3 is 30.0 Å². The molecule has 0 atom stereocenters. The second-order valence-corrected chi connectivity index (χ2v) is 8.16. The van der Waals surface area contributed by atoms with E-state index in [0.29, 0.717) is 41.3 Å². The van der Waals surface area contributed by atoms with E-state index in [-0.39, 0.29) is 33.3 Å². The maximum absolute atomic E-state index is 15.3. The molecular weight excluding hydrogens is 503 g/mol. The summed E-state index contributed by atoms with van der Waals surface area (Å²) in [5.41, 5.74) is 6.44. The molecule has 0 aliphatic heterocycles. The molecule has 0 saturated carbocycles. The zero-order valence-electron chi connectivity index (χ0n) is 20.3. The number of nitrogens with zero attached hydrogens (tertiary/aromatic N) is 2. The first kappa shape index (κ1) is 25.9. The Morgan fingerprint density at radius 3 is 2.43 bits per heavy atom. The van der Waals surface area contributed by atoms with Gasteiger partial charge in [-0.1, -0.05) is 11.6 Å².